The minimum Gasteiger partial charge on any atom is -0.423 e. The molecule has 1 atom stereocenters. The Balaban J connectivity index is 1.20. The van der Waals surface area contributed by atoms with Crippen molar-refractivity contribution in [2.75, 3.05) is 31.5 Å². The minimum atomic E-state index is -0.294. The molecule has 41 heavy (non-hydrogen) atoms. The van der Waals surface area contributed by atoms with E-state index in [9.17, 15) is 14.9 Å². The topological polar surface area (TPSA) is 164 Å². The summed E-state index contributed by atoms with van der Waals surface area (Å²) in [5.41, 5.74) is 2.67. The largest absolute Gasteiger partial charge is 0.423 e. The number of tetrazole rings is 1. The van der Waals surface area contributed by atoms with Crippen molar-refractivity contribution in [1.82, 2.24) is 44.5 Å². The summed E-state index contributed by atoms with van der Waals surface area (Å²) in [5.74, 6) is 0.0641. The SMILES string of the molecule is CC(=O)Nc1ccc2oc(-n3cc(C(=O)N4CCN(C(c5ccccc5)c5nnn(C)n5)CC4)nc3C#N)nc2c1. The normalized spacial score (nSPS) is 14.6. The third-order valence-corrected chi connectivity index (χ3v) is 6.78. The smallest absolute Gasteiger partial charge is 0.309 e. The maximum Gasteiger partial charge on any atom is 0.309 e. The third kappa shape index (κ3) is 5.13. The van der Waals surface area contributed by atoms with Crippen LogP contribution in [0.5, 0.6) is 0 Å². The first-order chi connectivity index (χ1) is 19.9. The second-order valence-electron chi connectivity index (χ2n) is 9.57. The van der Waals surface area contributed by atoms with Crippen LogP contribution in [0, 0.1) is 11.3 Å². The van der Waals surface area contributed by atoms with E-state index < -0.39 is 0 Å². The number of amides is 2. The number of imidazole rings is 1. The van der Waals surface area contributed by atoms with E-state index in [1.165, 1.54) is 22.5 Å². The maximum atomic E-state index is 13.4. The molecule has 1 fully saturated rings. The lowest BCUT2D eigenvalue weighted by Crippen LogP contribution is -2.50. The zero-order chi connectivity index (χ0) is 28.5. The zero-order valence-corrected chi connectivity index (χ0v) is 22.3. The van der Waals surface area contributed by atoms with E-state index in [1.54, 1.807) is 30.1 Å². The number of nitrogens with zero attached hydrogens (tertiary/aromatic N) is 10. The Morgan fingerprint density at radius 2 is 1.85 bits per heavy atom. The van der Waals surface area contributed by atoms with Crippen molar-refractivity contribution in [2.45, 2.75) is 13.0 Å². The number of fused-ring (bicyclic) bond motifs is 1. The first-order valence-corrected chi connectivity index (χ1v) is 12.9. The van der Waals surface area contributed by atoms with E-state index in [0.29, 0.717) is 48.8 Å². The Labute approximate surface area is 233 Å². The van der Waals surface area contributed by atoms with Crippen molar-refractivity contribution in [3.8, 4) is 12.1 Å². The molecule has 4 heterocycles. The van der Waals surface area contributed by atoms with Gasteiger partial charge in [-0.1, -0.05) is 30.3 Å². The van der Waals surface area contributed by atoms with Crippen molar-refractivity contribution in [2.24, 2.45) is 7.05 Å². The molecule has 5 aromatic rings. The number of aryl methyl sites for hydroxylation is 1. The molecular formula is C27H25N11O3. The number of nitrogens with one attached hydrogen (secondary N) is 1. The summed E-state index contributed by atoms with van der Waals surface area (Å²) < 4.78 is 7.17. The highest BCUT2D eigenvalue weighted by Crippen LogP contribution is 2.28. The van der Waals surface area contributed by atoms with Crippen LogP contribution in [0.2, 0.25) is 0 Å². The van der Waals surface area contributed by atoms with Gasteiger partial charge in [0.1, 0.15) is 17.3 Å². The van der Waals surface area contributed by atoms with Gasteiger partial charge in [-0.2, -0.15) is 15.0 Å². The van der Waals surface area contributed by atoms with Gasteiger partial charge in [-0.15, -0.1) is 10.2 Å². The molecule has 1 N–H and O–H groups in total. The van der Waals surface area contributed by atoms with Crippen LogP contribution >= 0.6 is 0 Å². The molecule has 6 rings (SSSR count). The van der Waals surface area contributed by atoms with E-state index in [2.05, 4.69) is 35.6 Å². The van der Waals surface area contributed by atoms with Crippen LogP contribution in [0.3, 0.4) is 0 Å². The molecule has 206 valence electrons. The van der Waals surface area contributed by atoms with E-state index in [-0.39, 0.29) is 35.4 Å². The number of benzene rings is 2. The average molecular weight is 552 g/mol. The van der Waals surface area contributed by atoms with Gasteiger partial charge in [0.05, 0.1) is 13.1 Å². The van der Waals surface area contributed by atoms with Gasteiger partial charge < -0.3 is 14.6 Å². The van der Waals surface area contributed by atoms with Crippen molar-refractivity contribution in [3.05, 3.63) is 77.6 Å². The fourth-order valence-corrected chi connectivity index (χ4v) is 4.92. The van der Waals surface area contributed by atoms with Crippen LogP contribution in [0.15, 0.2) is 59.1 Å². The molecule has 14 nitrogen and oxygen atoms in total. The Bertz CT molecular complexity index is 1770. The van der Waals surface area contributed by atoms with Gasteiger partial charge in [0.15, 0.2) is 11.4 Å². The van der Waals surface area contributed by atoms with E-state index in [0.717, 1.165) is 5.56 Å². The van der Waals surface area contributed by atoms with Crippen molar-refractivity contribution >= 4 is 28.6 Å². The average Bonchev–Trinajstić information content (AvgIpc) is 3.71. The summed E-state index contributed by atoms with van der Waals surface area (Å²) in [5, 5.41) is 25.1. The summed E-state index contributed by atoms with van der Waals surface area (Å²) in [6.45, 7) is 3.48. The Morgan fingerprint density at radius 3 is 2.54 bits per heavy atom. The highest BCUT2D eigenvalue weighted by Gasteiger charge is 2.32. The first kappa shape index (κ1) is 25.8. The number of aromatic nitrogens is 7. The van der Waals surface area contributed by atoms with Crippen LogP contribution in [0.1, 0.15) is 40.7 Å². The molecule has 0 radical (unpaired) electrons. The fourth-order valence-electron chi connectivity index (χ4n) is 4.92. The van der Waals surface area contributed by atoms with Gasteiger partial charge in [-0.3, -0.25) is 14.5 Å². The molecule has 0 bridgehead atoms. The molecule has 2 amide bonds. The summed E-state index contributed by atoms with van der Waals surface area (Å²) in [6, 6.07) is 16.9. The lowest BCUT2D eigenvalue weighted by Gasteiger charge is -2.38. The Morgan fingerprint density at radius 1 is 1.07 bits per heavy atom. The quantitative estimate of drug-likeness (QED) is 0.330. The number of piperazine rings is 1. The molecule has 1 aliphatic heterocycles. The van der Waals surface area contributed by atoms with Gasteiger partial charge in [-0.05, 0) is 29.0 Å². The molecular weight excluding hydrogens is 526 g/mol. The highest BCUT2D eigenvalue weighted by atomic mass is 16.4. The molecule has 2 aromatic carbocycles. The number of anilines is 1. The second-order valence-corrected chi connectivity index (χ2v) is 9.57. The summed E-state index contributed by atoms with van der Waals surface area (Å²) in [7, 11) is 1.73. The minimum absolute atomic E-state index is 0.0292. The van der Waals surface area contributed by atoms with E-state index >= 15 is 0 Å². The zero-order valence-electron chi connectivity index (χ0n) is 22.3. The molecule has 1 saturated heterocycles. The fraction of sp³-hybridized carbons (Fsp3) is 0.259. The van der Waals surface area contributed by atoms with Crippen LogP contribution in [-0.2, 0) is 11.8 Å². The monoisotopic (exact) mass is 551 g/mol. The van der Waals surface area contributed by atoms with Gasteiger partial charge in [0, 0.05) is 45.0 Å². The second kappa shape index (κ2) is 10.6. The van der Waals surface area contributed by atoms with E-state index in [1.807, 2.05) is 36.4 Å². The van der Waals surface area contributed by atoms with Crippen molar-refractivity contribution in [3.63, 3.8) is 0 Å². The van der Waals surface area contributed by atoms with E-state index in [4.69, 9.17) is 4.42 Å². The number of carbonyl (C=O) groups is 2. The maximum absolute atomic E-state index is 13.4. The van der Waals surface area contributed by atoms with Gasteiger partial charge in [-0.25, -0.2) is 9.55 Å². The molecule has 1 unspecified atom stereocenters. The number of hydrogen-bond acceptors (Lipinski definition) is 10. The number of nitriles is 1. The number of hydrogen-bond donors (Lipinski definition) is 1. The molecule has 0 saturated carbocycles. The van der Waals surface area contributed by atoms with Crippen LogP contribution in [0.4, 0.5) is 5.69 Å². The number of carbonyl (C=O) groups excluding carboxylic acids is 2. The summed E-state index contributed by atoms with van der Waals surface area (Å²) in [4.78, 5) is 38.9. The van der Waals surface area contributed by atoms with Crippen LogP contribution in [-0.4, -0.2) is 82.5 Å². The summed E-state index contributed by atoms with van der Waals surface area (Å²) >= 11 is 0. The Hall–Kier alpha value is -5.42. The number of rotatable bonds is 6. The molecule has 1 aliphatic rings. The predicted octanol–water partition coefficient (Wildman–Crippen LogP) is 1.91. The first-order valence-electron chi connectivity index (χ1n) is 12.9. The van der Waals surface area contributed by atoms with Gasteiger partial charge in [0.2, 0.25) is 11.7 Å². The lowest BCUT2D eigenvalue weighted by atomic mass is 10.0. The van der Waals surface area contributed by atoms with Crippen molar-refractivity contribution < 1.29 is 14.0 Å². The van der Waals surface area contributed by atoms with Crippen LogP contribution in [0.25, 0.3) is 17.1 Å². The van der Waals surface area contributed by atoms with Gasteiger partial charge >= 0.3 is 6.01 Å². The van der Waals surface area contributed by atoms with Crippen molar-refractivity contribution in [1.29, 1.82) is 5.26 Å². The Kier molecular flexibility index (Phi) is 6.70. The van der Waals surface area contributed by atoms with Gasteiger partial charge in [0.25, 0.3) is 5.91 Å². The highest BCUT2D eigenvalue weighted by molar-refractivity contribution is 5.93. The molecule has 0 spiro atoms. The molecule has 14 heteroatoms. The predicted molar refractivity (Wildman–Crippen MR) is 145 cm³/mol. The number of oxazole rings is 1. The standard InChI is InChI=1S/C27H25N11O3/c1-17(39)29-19-8-9-22-20(14-19)31-27(41-22)38-16-21(30-23(38)15-28)26(40)37-12-10-36(11-13-37)24(18-6-4-3-5-7-18)25-32-34-35(2)33-25/h3-9,14,16,24H,10-13H2,1-2H3,(H,29,39). The molecule has 0 aliphatic carbocycles. The summed E-state index contributed by atoms with van der Waals surface area (Å²) in [6.07, 6.45) is 1.46. The van der Waals surface area contributed by atoms with Crippen LogP contribution < -0.4 is 5.32 Å². The molecule has 3 aromatic heterocycles. The lowest BCUT2D eigenvalue weighted by molar-refractivity contribution is -0.114. The third-order valence-electron chi connectivity index (χ3n) is 6.78.